The van der Waals surface area contributed by atoms with Crippen LogP contribution in [0.5, 0.6) is 5.19 Å². The molecule has 1 atom stereocenters. The standard InChI is InChI=1S/C17H27N3O3S/c1-12(2)7-5-6-8-18-16(22)15-10-20-17(24-15)23-11-14(21)9-19-13(3)4/h10,12-14,19,21H,6,8-9,11H2,1-4H3,(H,18,22). The highest BCUT2D eigenvalue weighted by Gasteiger charge is 2.12. The molecule has 0 fully saturated rings. The molecule has 1 aromatic rings. The normalized spacial score (nSPS) is 12.0. The number of rotatable bonds is 9. The number of nitrogens with one attached hydrogen (secondary N) is 2. The number of hydrogen-bond acceptors (Lipinski definition) is 6. The molecule has 0 saturated carbocycles. The van der Waals surface area contributed by atoms with Crippen LogP contribution in [0.4, 0.5) is 0 Å². The summed E-state index contributed by atoms with van der Waals surface area (Å²) in [5, 5.41) is 16.1. The fourth-order valence-electron chi connectivity index (χ4n) is 1.63. The van der Waals surface area contributed by atoms with E-state index in [2.05, 4.69) is 27.5 Å². The van der Waals surface area contributed by atoms with Gasteiger partial charge < -0.3 is 20.5 Å². The van der Waals surface area contributed by atoms with Gasteiger partial charge >= 0.3 is 0 Å². The minimum absolute atomic E-state index is 0.138. The van der Waals surface area contributed by atoms with Crippen molar-refractivity contribution in [2.45, 2.75) is 46.3 Å². The van der Waals surface area contributed by atoms with E-state index >= 15 is 0 Å². The topological polar surface area (TPSA) is 83.5 Å². The van der Waals surface area contributed by atoms with Crippen molar-refractivity contribution in [3.8, 4) is 17.0 Å². The average Bonchev–Trinajstić information content (AvgIpc) is 2.99. The van der Waals surface area contributed by atoms with E-state index in [1.807, 2.05) is 27.7 Å². The third-order valence-corrected chi connectivity index (χ3v) is 3.70. The van der Waals surface area contributed by atoms with Gasteiger partial charge in [-0.2, -0.15) is 0 Å². The molecule has 0 aliphatic rings. The Labute approximate surface area is 148 Å². The molecule has 0 aliphatic carbocycles. The smallest absolute Gasteiger partial charge is 0.273 e. The van der Waals surface area contributed by atoms with Gasteiger partial charge in [-0.3, -0.25) is 4.79 Å². The van der Waals surface area contributed by atoms with Crippen molar-refractivity contribution in [1.82, 2.24) is 15.6 Å². The molecule has 1 amide bonds. The molecule has 1 unspecified atom stereocenters. The van der Waals surface area contributed by atoms with Crippen molar-refractivity contribution in [1.29, 1.82) is 0 Å². The van der Waals surface area contributed by atoms with Crippen LogP contribution in [-0.2, 0) is 0 Å². The zero-order chi connectivity index (χ0) is 17.9. The molecule has 6 nitrogen and oxygen atoms in total. The second kappa shape index (κ2) is 11.0. The summed E-state index contributed by atoms with van der Waals surface area (Å²) >= 11 is 1.16. The van der Waals surface area contributed by atoms with Gasteiger partial charge in [-0.15, -0.1) is 11.8 Å². The summed E-state index contributed by atoms with van der Waals surface area (Å²) in [5.41, 5.74) is 0. The SMILES string of the molecule is CC(C)C#CCCNC(=O)c1cnc(OCC(O)CNC(C)C)s1. The molecule has 7 heteroatoms. The van der Waals surface area contributed by atoms with Crippen LogP contribution in [0, 0.1) is 17.8 Å². The molecule has 0 spiro atoms. The van der Waals surface area contributed by atoms with Crippen molar-refractivity contribution in [2.24, 2.45) is 5.92 Å². The Morgan fingerprint density at radius 3 is 2.83 bits per heavy atom. The van der Waals surface area contributed by atoms with Crippen LogP contribution in [0.3, 0.4) is 0 Å². The summed E-state index contributed by atoms with van der Waals surface area (Å²) in [5.74, 6) is 6.22. The lowest BCUT2D eigenvalue weighted by Crippen LogP contribution is -2.35. The first-order valence-corrected chi connectivity index (χ1v) is 8.96. The second-order valence-corrected chi connectivity index (χ2v) is 6.99. The summed E-state index contributed by atoms with van der Waals surface area (Å²) < 4.78 is 5.42. The lowest BCUT2D eigenvalue weighted by atomic mass is 10.2. The summed E-state index contributed by atoms with van der Waals surface area (Å²) in [6, 6.07) is 0.306. The van der Waals surface area contributed by atoms with Gasteiger partial charge in [-0.25, -0.2) is 4.98 Å². The molecule has 3 N–H and O–H groups in total. The summed E-state index contributed by atoms with van der Waals surface area (Å²) in [7, 11) is 0. The van der Waals surface area contributed by atoms with E-state index in [0.717, 1.165) is 11.3 Å². The first-order valence-electron chi connectivity index (χ1n) is 8.15. The van der Waals surface area contributed by atoms with Crippen molar-refractivity contribution < 1.29 is 14.6 Å². The van der Waals surface area contributed by atoms with Gasteiger partial charge in [0.1, 0.15) is 17.6 Å². The first-order chi connectivity index (χ1) is 11.4. The van der Waals surface area contributed by atoms with Gasteiger partial charge in [0.05, 0.1) is 6.20 Å². The monoisotopic (exact) mass is 353 g/mol. The van der Waals surface area contributed by atoms with Crippen LogP contribution >= 0.6 is 11.3 Å². The van der Waals surface area contributed by atoms with Crippen LogP contribution in [0.1, 0.15) is 43.8 Å². The van der Waals surface area contributed by atoms with E-state index in [4.69, 9.17) is 4.74 Å². The highest BCUT2D eigenvalue weighted by atomic mass is 32.1. The number of aliphatic hydroxyl groups excluding tert-OH is 1. The Hall–Kier alpha value is -1.62. The molecule has 0 aliphatic heterocycles. The largest absolute Gasteiger partial charge is 0.467 e. The number of amides is 1. The van der Waals surface area contributed by atoms with E-state index in [0.29, 0.717) is 41.5 Å². The first kappa shape index (κ1) is 20.4. The third kappa shape index (κ3) is 8.87. The molecular formula is C17H27N3O3S. The predicted molar refractivity (Wildman–Crippen MR) is 96.3 cm³/mol. The molecule has 0 bridgehead atoms. The maximum absolute atomic E-state index is 12.0. The number of carbonyl (C=O) groups excluding carboxylic acids is 1. The Morgan fingerprint density at radius 1 is 1.42 bits per heavy atom. The van der Waals surface area contributed by atoms with Gasteiger partial charge in [0.15, 0.2) is 0 Å². The molecule has 24 heavy (non-hydrogen) atoms. The lowest BCUT2D eigenvalue weighted by Gasteiger charge is -2.13. The van der Waals surface area contributed by atoms with Crippen molar-refractivity contribution in [3.63, 3.8) is 0 Å². The minimum Gasteiger partial charge on any atom is -0.467 e. The minimum atomic E-state index is -0.617. The van der Waals surface area contributed by atoms with E-state index in [1.54, 1.807) is 0 Å². The van der Waals surface area contributed by atoms with Crippen molar-refractivity contribution >= 4 is 17.2 Å². The Kier molecular flexibility index (Phi) is 9.38. The Balaban J connectivity index is 2.32. The third-order valence-electron chi connectivity index (χ3n) is 2.80. The maximum atomic E-state index is 12.0. The molecule has 1 aromatic heterocycles. The van der Waals surface area contributed by atoms with Gasteiger partial charge in [0, 0.05) is 31.5 Å². The summed E-state index contributed by atoms with van der Waals surface area (Å²) in [6.07, 6.45) is 1.49. The zero-order valence-corrected chi connectivity index (χ0v) is 15.6. The number of aliphatic hydroxyl groups is 1. The fourth-order valence-corrected chi connectivity index (χ4v) is 2.32. The van der Waals surface area contributed by atoms with E-state index in [9.17, 15) is 9.90 Å². The lowest BCUT2D eigenvalue weighted by molar-refractivity contribution is 0.0958. The molecule has 0 aromatic carbocycles. The van der Waals surface area contributed by atoms with Crippen LogP contribution in [0.25, 0.3) is 0 Å². The molecule has 0 radical (unpaired) electrons. The highest BCUT2D eigenvalue weighted by Crippen LogP contribution is 2.20. The number of thiazole rings is 1. The average molecular weight is 353 g/mol. The van der Waals surface area contributed by atoms with E-state index in [-0.39, 0.29) is 12.5 Å². The Morgan fingerprint density at radius 2 is 2.17 bits per heavy atom. The molecule has 1 heterocycles. The Bertz CT molecular complexity index is 561. The number of nitrogens with zero attached hydrogens (tertiary/aromatic N) is 1. The van der Waals surface area contributed by atoms with Crippen LogP contribution in [0.2, 0.25) is 0 Å². The predicted octanol–water partition coefficient (Wildman–Crippen LogP) is 1.66. The second-order valence-electron chi connectivity index (χ2n) is 6.00. The maximum Gasteiger partial charge on any atom is 0.273 e. The molecule has 1 rings (SSSR count). The summed E-state index contributed by atoms with van der Waals surface area (Å²) in [4.78, 5) is 16.5. The van der Waals surface area contributed by atoms with Crippen molar-refractivity contribution in [2.75, 3.05) is 19.7 Å². The van der Waals surface area contributed by atoms with Crippen LogP contribution in [-0.4, -0.2) is 47.8 Å². The molecule has 0 saturated heterocycles. The highest BCUT2D eigenvalue weighted by molar-refractivity contribution is 7.15. The van der Waals surface area contributed by atoms with Gasteiger partial charge in [0.2, 0.25) is 0 Å². The zero-order valence-electron chi connectivity index (χ0n) is 14.8. The molecule has 134 valence electrons. The number of carbonyl (C=O) groups is 1. The molecular weight excluding hydrogens is 326 g/mol. The summed E-state index contributed by atoms with van der Waals surface area (Å²) in [6.45, 7) is 9.17. The van der Waals surface area contributed by atoms with Crippen LogP contribution < -0.4 is 15.4 Å². The van der Waals surface area contributed by atoms with E-state index in [1.165, 1.54) is 6.20 Å². The number of aromatic nitrogens is 1. The number of hydrogen-bond donors (Lipinski definition) is 3. The van der Waals surface area contributed by atoms with Crippen LogP contribution in [0.15, 0.2) is 6.20 Å². The number of ether oxygens (including phenoxy) is 1. The fraction of sp³-hybridized carbons (Fsp3) is 0.647. The quantitative estimate of drug-likeness (QED) is 0.464. The van der Waals surface area contributed by atoms with Gasteiger partial charge in [0.25, 0.3) is 11.1 Å². The van der Waals surface area contributed by atoms with Gasteiger partial charge in [-0.05, 0) is 0 Å². The van der Waals surface area contributed by atoms with Crippen molar-refractivity contribution in [3.05, 3.63) is 11.1 Å². The van der Waals surface area contributed by atoms with E-state index < -0.39 is 6.10 Å². The van der Waals surface area contributed by atoms with Gasteiger partial charge in [-0.1, -0.05) is 39.0 Å².